The summed E-state index contributed by atoms with van der Waals surface area (Å²) < 4.78 is 78.8. The summed E-state index contributed by atoms with van der Waals surface area (Å²) in [6.07, 6.45) is 3.96. The van der Waals surface area contributed by atoms with Crippen molar-refractivity contribution in [3.05, 3.63) is 117 Å². The zero-order valence-electron chi connectivity index (χ0n) is 29.1. The fraction of sp³-hybridized carbons (Fsp3) is 0.342. The van der Waals surface area contributed by atoms with Gasteiger partial charge in [0.2, 0.25) is 10.0 Å². The van der Waals surface area contributed by atoms with Crippen LogP contribution in [0.5, 0.6) is 11.5 Å². The van der Waals surface area contributed by atoms with Crippen LogP contribution < -0.4 is 19.2 Å². The maximum Gasteiger partial charge on any atom is 0.387 e. The highest BCUT2D eigenvalue weighted by molar-refractivity contribution is 7.89. The van der Waals surface area contributed by atoms with E-state index in [9.17, 15) is 26.8 Å². The first-order valence-electron chi connectivity index (χ1n) is 17.2. The molecule has 0 spiro atoms. The quantitative estimate of drug-likeness (QED) is 0.124. The Hall–Kier alpha value is -4.34. The molecule has 0 amide bonds. The molecule has 2 aliphatic rings. The van der Waals surface area contributed by atoms with Crippen LogP contribution in [0.4, 0.5) is 8.78 Å². The maximum atomic E-state index is 13.8. The topological polar surface area (TPSA) is 135 Å². The number of nitrogens with one attached hydrogen (secondary N) is 2. The number of carbonyl (C=O) groups excluding carboxylic acids is 2. The van der Waals surface area contributed by atoms with Crippen LogP contribution in [0.25, 0.3) is 0 Å². The predicted octanol–water partition coefficient (Wildman–Crippen LogP) is 6.61. The Morgan fingerprint density at radius 2 is 1.69 bits per heavy atom. The number of carbonyl (C=O) groups is 2. The second-order valence-electron chi connectivity index (χ2n) is 13.2. The van der Waals surface area contributed by atoms with Crippen molar-refractivity contribution in [3.63, 3.8) is 0 Å². The largest absolute Gasteiger partial charge is 0.489 e. The number of pyridine rings is 1. The van der Waals surface area contributed by atoms with E-state index in [1.54, 1.807) is 30.3 Å². The predicted molar refractivity (Wildman–Crippen MR) is 194 cm³/mol. The number of nitrogens with zero attached hydrogens (tertiary/aromatic N) is 1. The average molecular weight is 806 g/mol. The smallest absolute Gasteiger partial charge is 0.387 e. The molecule has 2 N–H and O–H groups in total. The standard InChI is InChI=1S/C38H37Cl2F2N3O8S/c1-45-15-14-27(21-45)51-37(47)35(24-6-3-2-4-7-24)44-54(48,49)28-9-5-8-26(16-28)36(46)52-33(18-29-30(39)19-43-20-31(29)40)25-12-13-32(53-38(41)42)34(17-25)50-22-23-10-11-23/h2-9,12-13,16-17,19-20,23,27,33,35,38,44H,10-11,14-15,18,21-22H2,1H3/p+1/t27?,33-,35?/m0/s1. The molecule has 3 atom stereocenters. The van der Waals surface area contributed by atoms with Crippen molar-refractivity contribution in [2.24, 2.45) is 5.92 Å². The number of ether oxygens (including phenoxy) is 4. The normalized spacial score (nSPS) is 17.2. The lowest BCUT2D eigenvalue weighted by molar-refractivity contribution is -0.377. The number of hydrogen-bond donors (Lipinski definition) is 1. The number of rotatable bonds is 16. The molecule has 6 rings (SSSR count). The molecule has 4 aromatic rings. The minimum absolute atomic E-state index is 0.0324. The molecule has 1 aliphatic carbocycles. The third-order valence-corrected chi connectivity index (χ3v) is 11.1. The Balaban J connectivity index is 1.27. The monoisotopic (exact) mass is 804 g/mol. The van der Waals surface area contributed by atoms with Crippen LogP contribution in [-0.4, -0.2) is 64.7 Å². The first-order chi connectivity index (χ1) is 25.9. The Kier molecular flexibility index (Phi) is 12.7. The Morgan fingerprint density at radius 1 is 0.944 bits per heavy atom. The average Bonchev–Trinajstić information content (AvgIpc) is 3.90. The molecule has 1 aliphatic heterocycles. The molecule has 54 heavy (non-hydrogen) atoms. The molecule has 1 aromatic heterocycles. The summed E-state index contributed by atoms with van der Waals surface area (Å²) in [7, 11) is -2.52. The van der Waals surface area contributed by atoms with Gasteiger partial charge in [0.1, 0.15) is 28.3 Å². The molecule has 1 saturated heterocycles. The van der Waals surface area contributed by atoms with Gasteiger partial charge in [-0.15, -0.1) is 0 Å². The zero-order chi connectivity index (χ0) is 38.4. The van der Waals surface area contributed by atoms with E-state index in [0.717, 1.165) is 25.5 Å². The lowest BCUT2D eigenvalue weighted by Gasteiger charge is -2.22. The number of aromatic amines is 1. The fourth-order valence-corrected chi connectivity index (χ4v) is 7.69. The molecule has 1 saturated carbocycles. The molecular weight excluding hydrogens is 767 g/mol. The van der Waals surface area contributed by atoms with Crippen molar-refractivity contribution in [1.29, 1.82) is 0 Å². The van der Waals surface area contributed by atoms with Gasteiger partial charge in [-0.1, -0.05) is 65.7 Å². The van der Waals surface area contributed by atoms with Gasteiger partial charge in [0.25, 0.3) is 0 Å². The number of halogens is 4. The van der Waals surface area contributed by atoms with E-state index in [1.807, 2.05) is 11.9 Å². The number of benzene rings is 3. The van der Waals surface area contributed by atoms with Crippen molar-refractivity contribution < 1.29 is 50.7 Å². The Bertz CT molecular complexity index is 2050. The van der Waals surface area contributed by atoms with Gasteiger partial charge in [-0.05, 0) is 73.7 Å². The molecule has 0 bridgehead atoms. The maximum absolute atomic E-state index is 13.8. The Morgan fingerprint density at radius 3 is 2.35 bits per heavy atom. The van der Waals surface area contributed by atoms with Crippen LogP contribution >= 0.6 is 23.2 Å². The summed E-state index contributed by atoms with van der Waals surface area (Å²) in [5.41, 5.74) is 1.01. The van der Waals surface area contributed by atoms with Crippen LogP contribution in [0.2, 0.25) is 10.0 Å². The summed E-state index contributed by atoms with van der Waals surface area (Å²) >= 11 is 12.9. The highest BCUT2D eigenvalue weighted by atomic mass is 35.5. The molecule has 16 heteroatoms. The van der Waals surface area contributed by atoms with Crippen molar-refractivity contribution >= 4 is 45.2 Å². The van der Waals surface area contributed by atoms with Gasteiger partial charge in [0.15, 0.2) is 23.9 Å². The summed E-state index contributed by atoms with van der Waals surface area (Å²) in [4.78, 5) is 31.7. The van der Waals surface area contributed by atoms with Gasteiger partial charge < -0.3 is 23.8 Å². The van der Waals surface area contributed by atoms with Crippen LogP contribution in [0.3, 0.4) is 0 Å². The van der Waals surface area contributed by atoms with Crippen LogP contribution in [0, 0.1) is 5.92 Å². The number of sulfonamides is 1. The minimum atomic E-state index is -4.42. The van der Waals surface area contributed by atoms with Gasteiger partial charge in [0.05, 0.1) is 17.1 Å². The van der Waals surface area contributed by atoms with Gasteiger partial charge in [0, 0.05) is 25.1 Å². The minimum Gasteiger partial charge on any atom is -0.489 e. The molecule has 286 valence electrons. The van der Waals surface area contributed by atoms with Crippen LogP contribution in [0.1, 0.15) is 58.5 Å². The number of esters is 2. The van der Waals surface area contributed by atoms with E-state index in [4.69, 9.17) is 37.4 Å². The van der Waals surface area contributed by atoms with Crippen LogP contribution in [0.15, 0.2) is 90.1 Å². The summed E-state index contributed by atoms with van der Waals surface area (Å²) in [6, 6.07) is 16.3. The first kappa shape index (κ1) is 39.4. The van der Waals surface area contributed by atoms with Gasteiger partial charge >= 0.3 is 18.6 Å². The lowest BCUT2D eigenvalue weighted by Crippen LogP contribution is -2.37. The van der Waals surface area contributed by atoms with E-state index in [-0.39, 0.29) is 45.0 Å². The summed E-state index contributed by atoms with van der Waals surface area (Å²) in [5.74, 6) is -1.54. The number of hydrogen-bond acceptors (Lipinski definition) is 9. The third-order valence-electron chi connectivity index (χ3n) is 9.02. The number of H-pyrrole nitrogens is 1. The SMILES string of the molecule is CN1CCC(OC(=O)C(NS(=O)(=O)c2cccc(C(=O)O[C@@H](Cc3c(Cl)c[nH+]cc3Cl)c3ccc(OC(F)F)c(OCC4CC4)c3)c2)c2ccccc2)C1. The zero-order valence-corrected chi connectivity index (χ0v) is 31.4. The van der Waals surface area contributed by atoms with E-state index in [2.05, 4.69) is 14.4 Å². The molecule has 2 fully saturated rings. The van der Waals surface area contributed by atoms with Crippen LogP contribution in [-0.2, 0) is 30.7 Å². The number of alkyl halides is 2. The highest BCUT2D eigenvalue weighted by Gasteiger charge is 2.33. The van der Waals surface area contributed by atoms with E-state index in [1.165, 1.54) is 48.8 Å². The second-order valence-corrected chi connectivity index (χ2v) is 15.7. The molecule has 0 radical (unpaired) electrons. The second kappa shape index (κ2) is 17.4. The highest BCUT2D eigenvalue weighted by Crippen LogP contribution is 2.38. The van der Waals surface area contributed by atoms with Crippen molar-refractivity contribution in [3.8, 4) is 11.5 Å². The third kappa shape index (κ3) is 10.2. The van der Waals surface area contributed by atoms with E-state index < -0.39 is 46.8 Å². The number of likely N-dealkylation sites (tertiary alicyclic amines) is 1. The van der Waals surface area contributed by atoms with E-state index in [0.29, 0.717) is 35.6 Å². The molecule has 11 nitrogen and oxygen atoms in total. The molecular formula is C38H38Cl2F2N3O8S+. The van der Waals surface area contributed by atoms with Gasteiger partial charge in [-0.25, -0.2) is 23.0 Å². The Labute approximate surface area is 321 Å². The van der Waals surface area contributed by atoms with Crippen molar-refractivity contribution in [2.45, 2.75) is 55.4 Å². The summed E-state index contributed by atoms with van der Waals surface area (Å²) in [6.45, 7) is -1.56. The number of aromatic nitrogens is 1. The number of likely N-dealkylation sites (N-methyl/N-ethyl adjacent to an activating group) is 1. The van der Waals surface area contributed by atoms with E-state index >= 15 is 0 Å². The van der Waals surface area contributed by atoms with Gasteiger partial charge in [-0.3, -0.25) is 0 Å². The lowest BCUT2D eigenvalue weighted by atomic mass is 10.0. The van der Waals surface area contributed by atoms with Crippen molar-refractivity contribution in [2.75, 3.05) is 26.7 Å². The molecule has 2 heterocycles. The fourth-order valence-electron chi connectivity index (χ4n) is 5.94. The van der Waals surface area contributed by atoms with Crippen molar-refractivity contribution in [1.82, 2.24) is 9.62 Å². The summed E-state index contributed by atoms with van der Waals surface area (Å²) in [5, 5.41) is 0.494. The van der Waals surface area contributed by atoms with Gasteiger partial charge in [-0.2, -0.15) is 13.5 Å². The molecule has 3 aromatic carbocycles. The first-order valence-corrected chi connectivity index (χ1v) is 19.4. The molecule has 2 unspecified atom stereocenters.